The van der Waals surface area contributed by atoms with Gasteiger partial charge in [-0.05, 0) is 26.3 Å². The predicted molar refractivity (Wildman–Crippen MR) is 70.2 cm³/mol. The molecule has 0 aromatic rings. The molecule has 0 heterocycles. The van der Waals surface area contributed by atoms with Crippen LogP contribution in [0.2, 0.25) is 0 Å². The van der Waals surface area contributed by atoms with Crippen LogP contribution in [0.5, 0.6) is 0 Å². The van der Waals surface area contributed by atoms with E-state index in [2.05, 4.69) is 10.6 Å². The van der Waals surface area contributed by atoms with Crippen molar-refractivity contribution in [2.75, 3.05) is 26.7 Å². The number of rotatable bonds is 7. The van der Waals surface area contributed by atoms with E-state index in [1.54, 1.807) is 18.9 Å². The number of hydrogen-bond acceptors (Lipinski definition) is 4. The summed E-state index contributed by atoms with van der Waals surface area (Å²) >= 11 is 0. The number of amides is 3. The van der Waals surface area contributed by atoms with Crippen LogP contribution in [0.15, 0.2) is 0 Å². The van der Waals surface area contributed by atoms with Crippen LogP contribution in [0.1, 0.15) is 27.2 Å². The molecule has 1 atom stereocenters. The second kappa shape index (κ2) is 8.88. The van der Waals surface area contributed by atoms with Gasteiger partial charge >= 0.3 is 6.03 Å². The maximum atomic E-state index is 11.5. The number of carbonyl (C=O) groups is 2. The van der Waals surface area contributed by atoms with E-state index in [1.807, 2.05) is 13.8 Å². The third kappa shape index (κ3) is 10.0. The van der Waals surface area contributed by atoms with E-state index >= 15 is 0 Å². The summed E-state index contributed by atoms with van der Waals surface area (Å²) < 4.78 is 0. The van der Waals surface area contributed by atoms with E-state index in [0.717, 1.165) is 0 Å². The summed E-state index contributed by atoms with van der Waals surface area (Å²) in [6.45, 7) is 6.95. The Kier molecular flexibility index (Phi) is 8.32. The van der Waals surface area contributed by atoms with Crippen molar-refractivity contribution in [3.63, 3.8) is 0 Å². The molecule has 0 spiro atoms. The second-order valence-corrected chi connectivity index (χ2v) is 5.03. The van der Waals surface area contributed by atoms with Crippen LogP contribution in [-0.4, -0.2) is 54.7 Å². The van der Waals surface area contributed by atoms with Gasteiger partial charge in [0.25, 0.3) is 0 Å². The van der Waals surface area contributed by atoms with Gasteiger partial charge < -0.3 is 10.4 Å². The van der Waals surface area contributed by atoms with E-state index in [4.69, 9.17) is 5.11 Å². The predicted octanol–water partition coefficient (Wildman–Crippen LogP) is 0.171. The lowest BCUT2D eigenvalue weighted by molar-refractivity contribution is -0.120. The number of aliphatic hydroxyl groups excluding tert-OH is 1. The van der Waals surface area contributed by atoms with Crippen molar-refractivity contribution < 1.29 is 14.7 Å². The fraction of sp³-hybridized carbons (Fsp3) is 0.833. The van der Waals surface area contributed by atoms with Crippen molar-refractivity contribution in [1.82, 2.24) is 15.5 Å². The third-order valence-corrected chi connectivity index (χ3v) is 2.27. The summed E-state index contributed by atoms with van der Waals surface area (Å²) in [6, 6.07) is -0.461. The lowest BCUT2D eigenvalue weighted by Gasteiger charge is -2.17. The van der Waals surface area contributed by atoms with Crippen molar-refractivity contribution in [3.05, 3.63) is 0 Å². The minimum absolute atomic E-state index is 0.141. The Morgan fingerprint density at radius 1 is 1.28 bits per heavy atom. The molecule has 0 aromatic carbocycles. The van der Waals surface area contributed by atoms with E-state index in [1.165, 1.54) is 0 Å². The lowest BCUT2D eigenvalue weighted by Crippen LogP contribution is -2.44. The maximum absolute atomic E-state index is 11.5. The Bertz CT molecular complexity index is 267. The van der Waals surface area contributed by atoms with Crippen LogP contribution in [0, 0.1) is 5.92 Å². The van der Waals surface area contributed by atoms with Gasteiger partial charge in [-0.25, -0.2) is 4.79 Å². The summed E-state index contributed by atoms with van der Waals surface area (Å²) in [7, 11) is 1.77. The zero-order valence-corrected chi connectivity index (χ0v) is 11.7. The number of likely N-dealkylation sites (N-methyl/N-ethyl adjacent to an activating group) is 1. The second-order valence-electron chi connectivity index (χ2n) is 5.03. The molecule has 0 saturated heterocycles. The van der Waals surface area contributed by atoms with Gasteiger partial charge in [-0.15, -0.1) is 0 Å². The zero-order chi connectivity index (χ0) is 14.1. The highest BCUT2D eigenvalue weighted by Gasteiger charge is 2.10. The van der Waals surface area contributed by atoms with E-state index in [9.17, 15) is 9.59 Å². The molecule has 0 aliphatic carbocycles. The largest absolute Gasteiger partial charge is 0.393 e. The zero-order valence-electron chi connectivity index (χ0n) is 11.7. The molecule has 3 N–H and O–H groups in total. The van der Waals surface area contributed by atoms with Crippen molar-refractivity contribution >= 4 is 11.9 Å². The average molecular weight is 259 g/mol. The van der Waals surface area contributed by atoms with Crippen LogP contribution in [0.25, 0.3) is 0 Å². The van der Waals surface area contributed by atoms with Crippen LogP contribution in [-0.2, 0) is 4.79 Å². The molecule has 0 saturated carbocycles. The van der Waals surface area contributed by atoms with Crippen LogP contribution >= 0.6 is 0 Å². The molecule has 3 amide bonds. The first-order chi connectivity index (χ1) is 8.31. The molecule has 0 aliphatic rings. The Labute approximate surface area is 109 Å². The molecular formula is C12H25N3O3. The van der Waals surface area contributed by atoms with Crippen LogP contribution in [0.3, 0.4) is 0 Å². The van der Waals surface area contributed by atoms with Crippen molar-refractivity contribution in [3.8, 4) is 0 Å². The minimum Gasteiger partial charge on any atom is -0.393 e. The van der Waals surface area contributed by atoms with Crippen LogP contribution < -0.4 is 10.6 Å². The van der Waals surface area contributed by atoms with Crippen LogP contribution in [0.4, 0.5) is 4.79 Å². The van der Waals surface area contributed by atoms with Gasteiger partial charge in [0.15, 0.2) is 0 Å². The molecule has 6 heteroatoms. The van der Waals surface area contributed by atoms with E-state index < -0.39 is 6.03 Å². The van der Waals surface area contributed by atoms with Gasteiger partial charge in [0, 0.05) is 13.1 Å². The molecule has 0 rings (SSSR count). The highest BCUT2D eigenvalue weighted by atomic mass is 16.3. The Balaban J connectivity index is 3.78. The van der Waals surface area contributed by atoms with Crippen molar-refractivity contribution in [1.29, 1.82) is 0 Å². The molecule has 0 aromatic heterocycles. The smallest absolute Gasteiger partial charge is 0.321 e. The fourth-order valence-electron chi connectivity index (χ4n) is 1.24. The molecule has 6 nitrogen and oxygen atoms in total. The average Bonchev–Trinajstić information content (AvgIpc) is 2.23. The third-order valence-electron chi connectivity index (χ3n) is 2.27. The van der Waals surface area contributed by atoms with Gasteiger partial charge in [0.2, 0.25) is 5.91 Å². The Morgan fingerprint density at radius 3 is 2.39 bits per heavy atom. The van der Waals surface area contributed by atoms with Gasteiger partial charge in [-0.2, -0.15) is 0 Å². The molecule has 1 unspecified atom stereocenters. The first-order valence-electron chi connectivity index (χ1n) is 6.25. The number of nitrogens with one attached hydrogen (secondary N) is 2. The number of urea groups is 1. The molecular weight excluding hydrogens is 234 g/mol. The van der Waals surface area contributed by atoms with Crippen molar-refractivity contribution in [2.24, 2.45) is 5.92 Å². The first kappa shape index (κ1) is 16.9. The molecule has 0 radical (unpaired) electrons. The standard InChI is InChI=1S/C12H25N3O3/c1-9(2)7-13-12(18)14-11(17)8-15(4)6-5-10(3)16/h9-10,16H,5-8H2,1-4H3,(H2,13,14,17,18). The van der Waals surface area contributed by atoms with Gasteiger partial charge in [0.1, 0.15) is 0 Å². The quantitative estimate of drug-likeness (QED) is 0.609. The summed E-state index contributed by atoms with van der Waals surface area (Å²) in [5, 5.41) is 14.0. The topological polar surface area (TPSA) is 81.7 Å². The number of carbonyl (C=O) groups excluding carboxylic acids is 2. The number of imide groups is 1. The SMILES string of the molecule is CC(C)CNC(=O)NC(=O)CN(C)CCC(C)O. The van der Waals surface area contributed by atoms with E-state index in [0.29, 0.717) is 25.4 Å². The van der Waals surface area contributed by atoms with E-state index in [-0.39, 0.29) is 18.6 Å². The maximum Gasteiger partial charge on any atom is 0.321 e. The lowest BCUT2D eigenvalue weighted by atomic mass is 10.2. The number of aliphatic hydroxyl groups is 1. The Morgan fingerprint density at radius 2 is 1.89 bits per heavy atom. The first-order valence-corrected chi connectivity index (χ1v) is 6.25. The normalized spacial score (nSPS) is 12.6. The highest BCUT2D eigenvalue weighted by molar-refractivity contribution is 5.95. The number of hydrogen-bond donors (Lipinski definition) is 3. The summed E-state index contributed by atoms with van der Waals surface area (Å²) in [6.07, 6.45) is 0.216. The summed E-state index contributed by atoms with van der Waals surface area (Å²) in [4.78, 5) is 24.5. The fourth-order valence-corrected chi connectivity index (χ4v) is 1.24. The number of nitrogens with zero attached hydrogens (tertiary/aromatic N) is 1. The monoisotopic (exact) mass is 259 g/mol. The summed E-state index contributed by atoms with van der Waals surface area (Å²) in [5.41, 5.74) is 0. The molecule has 106 valence electrons. The summed E-state index contributed by atoms with van der Waals surface area (Å²) in [5.74, 6) is 0.00363. The molecule has 0 fully saturated rings. The minimum atomic E-state index is -0.461. The van der Waals surface area contributed by atoms with Crippen molar-refractivity contribution in [2.45, 2.75) is 33.3 Å². The van der Waals surface area contributed by atoms with Gasteiger partial charge in [-0.3, -0.25) is 15.0 Å². The molecule has 0 aliphatic heterocycles. The highest BCUT2D eigenvalue weighted by Crippen LogP contribution is 1.92. The Hall–Kier alpha value is -1.14. The van der Waals surface area contributed by atoms with Gasteiger partial charge in [-0.1, -0.05) is 13.8 Å². The van der Waals surface area contributed by atoms with Gasteiger partial charge in [0.05, 0.1) is 12.6 Å². The molecule has 18 heavy (non-hydrogen) atoms. The molecule has 0 bridgehead atoms.